The van der Waals surface area contributed by atoms with E-state index in [-0.39, 0.29) is 40.0 Å². The predicted molar refractivity (Wildman–Crippen MR) is 36.4 cm³/mol. The molecule has 1 rings (SSSR count). The van der Waals surface area contributed by atoms with Crippen LogP contribution in [0.15, 0.2) is 0 Å². The van der Waals surface area contributed by atoms with Crippen LogP contribution in [0.1, 0.15) is 5.56 Å². The van der Waals surface area contributed by atoms with Gasteiger partial charge in [0.05, 0.1) is 11.6 Å². The third-order valence-corrected chi connectivity index (χ3v) is 1.30. The van der Waals surface area contributed by atoms with E-state index in [0.29, 0.717) is 0 Å². The first-order chi connectivity index (χ1) is 5.46. The molecule has 0 bridgehead atoms. The van der Waals surface area contributed by atoms with Gasteiger partial charge in [-0.1, -0.05) is 0 Å². The fourth-order valence-corrected chi connectivity index (χ4v) is 0.650. The molecule has 0 aromatic heterocycles. The van der Waals surface area contributed by atoms with Crippen molar-refractivity contribution in [2.75, 3.05) is 0 Å². The second-order valence-corrected chi connectivity index (χ2v) is 2.05. The zero-order valence-electron chi connectivity index (χ0n) is 6.68. The Morgan fingerprint density at radius 2 is 0.857 bits per heavy atom. The minimum Gasteiger partial charge on any atom is -1.00 e. The van der Waals surface area contributed by atoms with Crippen LogP contribution in [0.25, 0.3) is 0 Å². The molecule has 0 unspecified atom stereocenters. The van der Waals surface area contributed by atoms with Crippen molar-refractivity contribution in [3.8, 4) is 0 Å². The second-order valence-electron chi connectivity index (χ2n) is 2.05. The largest absolute Gasteiger partial charge is 2.00 e. The van der Waals surface area contributed by atoms with Crippen LogP contribution in [0.3, 0.4) is 0 Å². The number of halogens is 6. The van der Waals surface area contributed by atoms with Crippen LogP contribution in [-0.2, 0) is 0 Å². The second kappa shape index (κ2) is 5.77. The van der Waals surface area contributed by atoms with Gasteiger partial charge in [-0.2, -0.15) is 6.92 Å². The van der Waals surface area contributed by atoms with Gasteiger partial charge in [0.1, 0.15) is 11.6 Å². The molecular formula is C7H2BrF5Mg. The molecule has 0 amide bonds. The van der Waals surface area contributed by atoms with Crippen LogP contribution in [-0.4, -0.2) is 23.1 Å². The molecule has 0 atom stereocenters. The van der Waals surface area contributed by atoms with Crippen molar-refractivity contribution in [1.82, 2.24) is 0 Å². The number of hydrogen-bond donors (Lipinski definition) is 0. The first-order valence-corrected chi connectivity index (χ1v) is 2.80. The summed E-state index contributed by atoms with van der Waals surface area (Å²) in [5, 5.41) is 0. The van der Waals surface area contributed by atoms with Crippen molar-refractivity contribution in [2.24, 2.45) is 0 Å². The molecule has 0 saturated heterocycles. The third kappa shape index (κ3) is 2.51. The Hall–Kier alpha value is -0.0138. The van der Waals surface area contributed by atoms with Crippen molar-refractivity contribution >= 4 is 23.1 Å². The van der Waals surface area contributed by atoms with Gasteiger partial charge in [-0.3, -0.25) is 8.78 Å². The Labute approximate surface area is 103 Å². The quantitative estimate of drug-likeness (QED) is 0.192. The summed E-state index contributed by atoms with van der Waals surface area (Å²) in [6.45, 7) is 2.69. The number of hydrogen-bond acceptors (Lipinski definition) is 0. The van der Waals surface area contributed by atoms with E-state index in [1.807, 2.05) is 0 Å². The van der Waals surface area contributed by atoms with E-state index < -0.39 is 34.6 Å². The fraction of sp³-hybridized carbons (Fsp3) is 0. The Balaban J connectivity index is 0. The van der Waals surface area contributed by atoms with Gasteiger partial charge in [0.25, 0.3) is 0 Å². The van der Waals surface area contributed by atoms with E-state index in [9.17, 15) is 22.0 Å². The molecule has 0 saturated carbocycles. The van der Waals surface area contributed by atoms with Crippen LogP contribution in [0.2, 0.25) is 0 Å². The minimum absolute atomic E-state index is 0. The molecule has 0 N–H and O–H groups in total. The Morgan fingerprint density at radius 3 is 1.14 bits per heavy atom. The summed E-state index contributed by atoms with van der Waals surface area (Å²) in [6.07, 6.45) is 0. The SMILES string of the molecule is [Br-].[CH2-]c1c(F)c(F)c(F)c(F)c1F.[Mg+2]. The number of rotatable bonds is 0. The van der Waals surface area contributed by atoms with Crippen LogP contribution in [0.4, 0.5) is 22.0 Å². The van der Waals surface area contributed by atoms with Gasteiger partial charge in [-0.25, -0.2) is 13.2 Å². The van der Waals surface area contributed by atoms with Crippen LogP contribution >= 0.6 is 0 Å². The van der Waals surface area contributed by atoms with E-state index >= 15 is 0 Å². The summed E-state index contributed by atoms with van der Waals surface area (Å²) in [6, 6.07) is 0. The minimum atomic E-state index is -2.17. The van der Waals surface area contributed by atoms with Crippen molar-refractivity contribution in [1.29, 1.82) is 0 Å². The monoisotopic (exact) mass is 284 g/mol. The Morgan fingerprint density at radius 1 is 0.643 bits per heavy atom. The molecule has 1 aromatic carbocycles. The van der Waals surface area contributed by atoms with Crippen LogP contribution in [0.5, 0.6) is 0 Å². The summed E-state index contributed by atoms with van der Waals surface area (Å²) in [4.78, 5) is 0. The summed E-state index contributed by atoms with van der Waals surface area (Å²) in [7, 11) is 0. The van der Waals surface area contributed by atoms with Crippen molar-refractivity contribution in [3.63, 3.8) is 0 Å². The Kier molecular flexibility index (Phi) is 6.76. The maximum atomic E-state index is 12.3. The zero-order chi connectivity index (χ0) is 9.46. The van der Waals surface area contributed by atoms with Crippen molar-refractivity contribution in [2.45, 2.75) is 0 Å². The number of benzene rings is 1. The van der Waals surface area contributed by atoms with Gasteiger partial charge in [-0.05, 0) is 0 Å². The predicted octanol–water partition coefficient (Wildman–Crippen LogP) is -0.813. The fourth-order valence-electron chi connectivity index (χ4n) is 0.650. The molecule has 1 aromatic rings. The Bertz CT molecular complexity index is 236. The standard InChI is InChI=1S/C7H2F5.BrH.Mg/c1-2-3(8)5(10)7(12)6(11)4(2)9;;/h1H2;1H;/q-1;;+2/p-1. The van der Waals surface area contributed by atoms with E-state index in [1.54, 1.807) is 0 Å². The topological polar surface area (TPSA) is 0 Å². The summed E-state index contributed by atoms with van der Waals surface area (Å²) in [5.74, 6) is -9.91. The molecule has 0 aliphatic carbocycles. The van der Waals surface area contributed by atoms with Crippen molar-refractivity contribution < 1.29 is 38.9 Å². The molecular weight excluding hydrogens is 283 g/mol. The van der Waals surface area contributed by atoms with Gasteiger partial charge in [-0.15, -0.1) is 5.56 Å². The third-order valence-electron chi connectivity index (χ3n) is 1.30. The first-order valence-electron chi connectivity index (χ1n) is 2.80. The average molecular weight is 285 g/mol. The van der Waals surface area contributed by atoms with E-state index in [2.05, 4.69) is 6.92 Å². The molecule has 7 heteroatoms. The van der Waals surface area contributed by atoms with E-state index in [4.69, 9.17) is 0 Å². The van der Waals surface area contributed by atoms with Crippen LogP contribution in [0, 0.1) is 36.0 Å². The molecule has 0 nitrogen and oxygen atoms in total. The molecule has 0 spiro atoms. The molecule has 0 aliphatic heterocycles. The zero-order valence-corrected chi connectivity index (χ0v) is 9.68. The van der Waals surface area contributed by atoms with E-state index in [0.717, 1.165) is 0 Å². The van der Waals surface area contributed by atoms with Gasteiger partial charge in [0.2, 0.25) is 0 Å². The summed E-state index contributed by atoms with van der Waals surface area (Å²) >= 11 is 0. The molecule has 0 aliphatic rings. The normalized spacial score (nSPS) is 8.93. The molecule has 0 fully saturated rings. The summed E-state index contributed by atoms with van der Waals surface area (Å²) in [5.41, 5.74) is -1.12. The molecule has 74 valence electrons. The smallest absolute Gasteiger partial charge is 1.00 e. The first kappa shape index (κ1) is 16.4. The maximum Gasteiger partial charge on any atom is 2.00 e. The van der Waals surface area contributed by atoms with E-state index in [1.165, 1.54) is 0 Å². The van der Waals surface area contributed by atoms with Gasteiger partial charge >= 0.3 is 23.1 Å². The van der Waals surface area contributed by atoms with Gasteiger partial charge in [0.15, 0.2) is 5.82 Å². The van der Waals surface area contributed by atoms with Crippen LogP contribution < -0.4 is 17.0 Å². The molecule has 0 radical (unpaired) electrons. The van der Waals surface area contributed by atoms with Gasteiger partial charge in [0, 0.05) is 0 Å². The average Bonchev–Trinajstić information content (AvgIpc) is 2.08. The van der Waals surface area contributed by atoms with Gasteiger partial charge < -0.3 is 17.0 Å². The molecule has 14 heavy (non-hydrogen) atoms. The molecule has 0 heterocycles. The van der Waals surface area contributed by atoms with Crippen molar-refractivity contribution in [3.05, 3.63) is 41.6 Å². The maximum absolute atomic E-state index is 12.3. The summed E-state index contributed by atoms with van der Waals surface area (Å²) < 4.78 is 61.3.